The number of hydrogen-bond donors (Lipinski definition) is 2. The molecule has 7 heteroatoms. The van der Waals surface area contributed by atoms with Crippen LogP contribution in [0.2, 0.25) is 5.02 Å². The second kappa shape index (κ2) is 5.60. The van der Waals surface area contributed by atoms with E-state index >= 15 is 0 Å². The van der Waals surface area contributed by atoms with Crippen LogP contribution in [-0.2, 0) is 0 Å². The second-order valence-corrected chi connectivity index (χ2v) is 3.97. The molecule has 0 heterocycles. The van der Waals surface area contributed by atoms with Crippen LogP contribution in [0.1, 0.15) is 17.3 Å². The van der Waals surface area contributed by atoms with Crippen molar-refractivity contribution in [1.29, 1.82) is 0 Å². The second-order valence-electron chi connectivity index (χ2n) is 3.53. The van der Waals surface area contributed by atoms with Gasteiger partial charge in [-0.2, -0.15) is 0 Å². The Kier molecular flexibility index (Phi) is 4.42. The highest BCUT2D eigenvalue weighted by molar-refractivity contribution is 6.31. The van der Waals surface area contributed by atoms with Crippen molar-refractivity contribution in [1.82, 2.24) is 5.32 Å². The Morgan fingerprint density at radius 2 is 2.29 bits per heavy atom. The maximum Gasteiger partial charge on any atom is 0.282 e. The van der Waals surface area contributed by atoms with Crippen LogP contribution in [0.5, 0.6) is 0 Å². The molecular formula is C10H12ClN3O3. The van der Waals surface area contributed by atoms with Crippen LogP contribution in [0.3, 0.4) is 0 Å². The van der Waals surface area contributed by atoms with Gasteiger partial charge in [0.05, 0.1) is 4.92 Å². The minimum absolute atomic E-state index is 0.0669. The first kappa shape index (κ1) is 13.4. The molecule has 0 aliphatic carbocycles. The SMILES string of the molecule is C[C@H](CN)NC(=O)c1cc(Cl)ccc1[N+](=O)[O-]. The van der Waals surface area contributed by atoms with Crippen molar-refractivity contribution >= 4 is 23.2 Å². The van der Waals surface area contributed by atoms with E-state index in [4.69, 9.17) is 17.3 Å². The summed E-state index contributed by atoms with van der Waals surface area (Å²) in [7, 11) is 0. The summed E-state index contributed by atoms with van der Waals surface area (Å²) in [5.41, 5.74) is 5.00. The molecule has 0 radical (unpaired) electrons. The van der Waals surface area contributed by atoms with Crippen molar-refractivity contribution in [2.24, 2.45) is 5.73 Å². The van der Waals surface area contributed by atoms with Crippen molar-refractivity contribution in [2.75, 3.05) is 6.54 Å². The fourth-order valence-corrected chi connectivity index (χ4v) is 1.38. The predicted octanol–water partition coefficient (Wildman–Crippen LogP) is 1.33. The summed E-state index contributed by atoms with van der Waals surface area (Å²) in [4.78, 5) is 21.9. The number of nitrogens with one attached hydrogen (secondary N) is 1. The number of carbonyl (C=O) groups excluding carboxylic acids is 1. The van der Waals surface area contributed by atoms with Gasteiger partial charge in [0.15, 0.2) is 0 Å². The number of amides is 1. The van der Waals surface area contributed by atoms with E-state index in [-0.39, 0.29) is 28.9 Å². The van der Waals surface area contributed by atoms with E-state index in [0.717, 1.165) is 0 Å². The van der Waals surface area contributed by atoms with Crippen LogP contribution < -0.4 is 11.1 Å². The summed E-state index contributed by atoms with van der Waals surface area (Å²) in [5, 5.41) is 13.6. The van der Waals surface area contributed by atoms with E-state index in [1.807, 2.05) is 0 Å². The molecule has 0 saturated carbocycles. The zero-order chi connectivity index (χ0) is 13.0. The Morgan fingerprint density at radius 3 is 2.82 bits per heavy atom. The van der Waals surface area contributed by atoms with E-state index in [2.05, 4.69) is 5.32 Å². The topological polar surface area (TPSA) is 98.3 Å². The third-order valence-electron chi connectivity index (χ3n) is 2.13. The molecule has 1 rings (SSSR count). The maximum absolute atomic E-state index is 11.8. The molecule has 17 heavy (non-hydrogen) atoms. The van der Waals surface area contributed by atoms with Gasteiger partial charge in [-0.25, -0.2) is 0 Å². The van der Waals surface area contributed by atoms with Crippen molar-refractivity contribution < 1.29 is 9.72 Å². The number of carbonyl (C=O) groups is 1. The fourth-order valence-electron chi connectivity index (χ4n) is 1.21. The van der Waals surface area contributed by atoms with Gasteiger partial charge in [0, 0.05) is 23.7 Å². The Morgan fingerprint density at radius 1 is 1.65 bits per heavy atom. The fraction of sp³-hybridized carbons (Fsp3) is 0.300. The molecule has 92 valence electrons. The normalized spacial score (nSPS) is 11.9. The Labute approximate surface area is 103 Å². The van der Waals surface area contributed by atoms with E-state index in [1.165, 1.54) is 18.2 Å². The molecule has 3 N–H and O–H groups in total. The molecule has 0 unspecified atom stereocenters. The number of benzene rings is 1. The first-order valence-corrected chi connectivity index (χ1v) is 5.28. The first-order chi connectivity index (χ1) is 7.95. The maximum atomic E-state index is 11.8. The highest BCUT2D eigenvalue weighted by atomic mass is 35.5. The van der Waals surface area contributed by atoms with E-state index in [9.17, 15) is 14.9 Å². The van der Waals surface area contributed by atoms with Gasteiger partial charge < -0.3 is 11.1 Å². The van der Waals surface area contributed by atoms with Crippen LogP contribution >= 0.6 is 11.6 Å². The van der Waals surface area contributed by atoms with Crippen molar-refractivity contribution in [3.05, 3.63) is 38.9 Å². The van der Waals surface area contributed by atoms with Gasteiger partial charge in [0.25, 0.3) is 11.6 Å². The number of halogens is 1. The average molecular weight is 258 g/mol. The molecule has 0 aliphatic rings. The summed E-state index contributed by atoms with van der Waals surface area (Å²) in [5.74, 6) is -0.558. The van der Waals surface area contributed by atoms with Gasteiger partial charge >= 0.3 is 0 Å². The summed E-state index contributed by atoms with van der Waals surface area (Å²) in [6.45, 7) is 1.95. The first-order valence-electron chi connectivity index (χ1n) is 4.90. The zero-order valence-corrected chi connectivity index (χ0v) is 9.90. The summed E-state index contributed by atoms with van der Waals surface area (Å²) < 4.78 is 0. The van der Waals surface area contributed by atoms with Gasteiger partial charge in [-0.1, -0.05) is 11.6 Å². The van der Waals surface area contributed by atoms with Gasteiger partial charge in [0.2, 0.25) is 0 Å². The summed E-state index contributed by atoms with van der Waals surface area (Å²) in [6, 6.07) is 3.56. The monoisotopic (exact) mass is 257 g/mol. The lowest BCUT2D eigenvalue weighted by atomic mass is 10.1. The van der Waals surface area contributed by atoms with Crippen LogP contribution in [-0.4, -0.2) is 23.4 Å². The van der Waals surface area contributed by atoms with Crippen molar-refractivity contribution in [3.63, 3.8) is 0 Å². The van der Waals surface area contributed by atoms with Crippen molar-refractivity contribution in [2.45, 2.75) is 13.0 Å². The smallest absolute Gasteiger partial charge is 0.282 e. The van der Waals surface area contributed by atoms with E-state index in [1.54, 1.807) is 6.92 Å². The largest absolute Gasteiger partial charge is 0.348 e. The van der Waals surface area contributed by atoms with Gasteiger partial charge in [-0.05, 0) is 19.1 Å². The third kappa shape index (κ3) is 3.40. The number of rotatable bonds is 4. The predicted molar refractivity (Wildman–Crippen MR) is 64.1 cm³/mol. The van der Waals surface area contributed by atoms with Crippen LogP contribution in [0.25, 0.3) is 0 Å². The third-order valence-corrected chi connectivity index (χ3v) is 2.37. The minimum atomic E-state index is -0.627. The molecule has 1 atom stereocenters. The molecule has 0 aromatic heterocycles. The molecule has 1 amide bonds. The van der Waals surface area contributed by atoms with Crippen LogP contribution in [0.15, 0.2) is 18.2 Å². The number of hydrogen-bond acceptors (Lipinski definition) is 4. The van der Waals surface area contributed by atoms with Crippen LogP contribution in [0, 0.1) is 10.1 Å². The van der Waals surface area contributed by atoms with E-state index < -0.39 is 10.8 Å². The Hall–Kier alpha value is -1.66. The highest BCUT2D eigenvalue weighted by Crippen LogP contribution is 2.22. The quantitative estimate of drug-likeness (QED) is 0.628. The molecule has 0 saturated heterocycles. The lowest BCUT2D eigenvalue weighted by molar-refractivity contribution is -0.385. The standard InChI is InChI=1S/C10H12ClN3O3/c1-6(5-12)13-10(15)8-4-7(11)2-3-9(8)14(16)17/h2-4,6H,5,12H2,1H3,(H,13,15)/t6-/m1/s1. The average Bonchev–Trinajstić information content (AvgIpc) is 2.28. The lowest BCUT2D eigenvalue weighted by Crippen LogP contribution is -2.38. The number of nitrogens with zero attached hydrogens (tertiary/aromatic N) is 1. The highest BCUT2D eigenvalue weighted by Gasteiger charge is 2.21. The summed E-state index contributed by atoms with van der Waals surface area (Å²) in [6.07, 6.45) is 0. The van der Waals surface area contributed by atoms with Gasteiger partial charge in [-0.3, -0.25) is 14.9 Å². The number of nitro groups is 1. The molecule has 6 nitrogen and oxygen atoms in total. The zero-order valence-electron chi connectivity index (χ0n) is 9.14. The molecule has 0 bridgehead atoms. The Balaban J connectivity index is 3.06. The molecule has 0 aliphatic heterocycles. The molecule has 0 spiro atoms. The van der Waals surface area contributed by atoms with Gasteiger partial charge in [-0.15, -0.1) is 0 Å². The summed E-state index contributed by atoms with van der Waals surface area (Å²) >= 11 is 5.71. The van der Waals surface area contributed by atoms with Gasteiger partial charge in [0.1, 0.15) is 5.56 Å². The molecule has 0 fully saturated rings. The minimum Gasteiger partial charge on any atom is -0.348 e. The van der Waals surface area contributed by atoms with Crippen LogP contribution in [0.4, 0.5) is 5.69 Å². The Bertz CT molecular complexity index is 450. The van der Waals surface area contributed by atoms with E-state index in [0.29, 0.717) is 0 Å². The van der Waals surface area contributed by atoms with Crippen molar-refractivity contribution in [3.8, 4) is 0 Å². The number of nitro benzene ring substituents is 1. The molecule has 1 aromatic rings. The lowest BCUT2D eigenvalue weighted by Gasteiger charge is -2.11. The molecule has 1 aromatic carbocycles. The number of nitrogens with two attached hydrogens (primary N) is 1. The molecular weight excluding hydrogens is 246 g/mol.